The molecule has 0 aromatic rings. The zero-order chi connectivity index (χ0) is 9.90. The summed E-state index contributed by atoms with van der Waals surface area (Å²) in [5, 5.41) is 0. The molecule has 1 nitrogen and oxygen atoms in total. The normalized spacial score (nSPS) is 30.5. The summed E-state index contributed by atoms with van der Waals surface area (Å²) in [6.45, 7) is 0. The molecule has 1 saturated carbocycles. The number of hydrogen-bond acceptors (Lipinski definition) is 1. The predicted octanol–water partition coefficient (Wildman–Crippen LogP) is 2.85. The molecule has 1 aliphatic carbocycles. The van der Waals surface area contributed by atoms with Crippen LogP contribution in [-0.2, 0) is 0 Å². The highest BCUT2D eigenvalue weighted by atomic mass is 19.4. The summed E-state index contributed by atoms with van der Waals surface area (Å²) < 4.78 is 35.6. The van der Waals surface area contributed by atoms with Gasteiger partial charge >= 0.3 is 6.18 Å². The minimum Gasteiger partial charge on any atom is -0.328 e. The van der Waals surface area contributed by atoms with Crippen molar-refractivity contribution in [1.82, 2.24) is 0 Å². The molecule has 2 unspecified atom stereocenters. The Kier molecular flexibility index (Phi) is 3.59. The average Bonchev–Trinajstić information content (AvgIpc) is 2.00. The van der Waals surface area contributed by atoms with E-state index in [4.69, 9.17) is 5.73 Å². The summed E-state index contributed by atoms with van der Waals surface area (Å²) in [5.41, 5.74) is 5.68. The van der Waals surface area contributed by atoms with Gasteiger partial charge in [0.15, 0.2) is 0 Å². The van der Waals surface area contributed by atoms with Gasteiger partial charge in [-0.2, -0.15) is 13.2 Å². The van der Waals surface area contributed by atoms with E-state index in [0.29, 0.717) is 0 Å². The molecule has 2 N–H and O–H groups in total. The van der Waals surface area contributed by atoms with Crippen molar-refractivity contribution >= 4 is 0 Å². The number of halogens is 3. The molecule has 13 heavy (non-hydrogen) atoms. The fourth-order valence-electron chi connectivity index (χ4n) is 1.96. The largest absolute Gasteiger partial charge is 0.389 e. The second-order valence-corrected chi connectivity index (χ2v) is 3.95. The highest BCUT2D eigenvalue weighted by molar-refractivity contribution is 4.75. The fraction of sp³-hybridized carbons (Fsp3) is 1.00. The SMILES string of the molecule is NC1CCCC(CCC(F)(F)F)C1. The Morgan fingerprint density at radius 2 is 1.92 bits per heavy atom. The first-order chi connectivity index (χ1) is 5.97. The summed E-state index contributed by atoms with van der Waals surface area (Å²) in [6, 6.07) is 0.131. The van der Waals surface area contributed by atoms with Crippen LogP contribution in [0.4, 0.5) is 13.2 Å². The van der Waals surface area contributed by atoms with Gasteiger partial charge in [0, 0.05) is 12.5 Å². The molecule has 0 saturated heterocycles. The van der Waals surface area contributed by atoms with Crippen LogP contribution < -0.4 is 5.73 Å². The minimum absolute atomic E-state index is 0.131. The van der Waals surface area contributed by atoms with Gasteiger partial charge in [-0.25, -0.2) is 0 Å². The summed E-state index contributed by atoms with van der Waals surface area (Å²) in [7, 11) is 0. The molecule has 0 bridgehead atoms. The Bertz CT molecular complexity index is 155. The van der Waals surface area contributed by atoms with Crippen molar-refractivity contribution in [2.24, 2.45) is 11.7 Å². The Hall–Kier alpha value is -0.250. The van der Waals surface area contributed by atoms with Crippen LogP contribution in [0, 0.1) is 5.92 Å². The maximum Gasteiger partial charge on any atom is 0.389 e. The van der Waals surface area contributed by atoms with Gasteiger partial charge in [-0.05, 0) is 25.2 Å². The monoisotopic (exact) mass is 195 g/mol. The lowest BCUT2D eigenvalue weighted by molar-refractivity contribution is -0.138. The van der Waals surface area contributed by atoms with E-state index in [1.54, 1.807) is 0 Å². The highest BCUT2D eigenvalue weighted by Crippen LogP contribution is 2.31. The van der Waals surface area contributed by atoms with E-state index in [0.717, 1.165) is 25.7 Å². The molecule has 0 aliphatic heterocycles. The third kappa shape index (κ3) is 4.50. The van der Waals surface area contributed by atoms with Crippen molar-refractivity contribution in [3.63, 3.8) is 0 Å². The zero-order valence-electron chi connectivity index (χ0n) is 7.61. The first-order valence-corrected chi connectivity index (χ1v) is 4.80. The number of rotatable bonds is 2. The van der Waals surface area contributed by atoms with E-state index >= 15 is 0 Å². The summed E-state index contributed by atoms with van der Waals surface area (Å²) in [6.07, 6.45) is -0.727. The molecule has 1 aliphatic rings. The fourth-order valence-corrected chi connectivity index (χ4v) is 1.96. The van der Waals surface area contributed by atoms with Crippen molar-refractivity contribution in [2.75, 3.05) is 0 Å². The van der Waals surface area contributed by atoms with Crippen molar-refractivity contribution < 1.29 is 13.2 Å². The summed E-state index contributed by atoms with van der Waals surface area (Å²) in [5.74, 6) is 0.199. The molecule has 78 valence electrons. The average molecular weight is 195 g/mol. The number of hydrogen-bond donors (Lipinski definition) is 1. The maximum atomic E-state index is 11.9. The van der Waals surface area contributed by atoms with E-state index in [9.17, 15) is 13.2 Å². The van der Waals surface area contributed by atoms with Gasteiger partial charge in [0.25, 0.3) is 0 Å². The van der Waals surface area contributed by atoms with E-state index in [1.165, 1.54) is 0 Å². The van der Waals surface area contributed by atoms with Crippen LogP contribution in [0.3, 0.4) is 0 Å². The molecule has 2 atom stereocenters. The summed E-state index contributed by atoms with van der Waals surface area (Å²) >= 11 is 0. The zero-order valence-corrected chi connectivity index (χ0v) is 7.61. The van der Waals surface area contributed by atoms with Gasteiger partial charge in [0.05, 0.1) is 0 Å². The smallest absolute Gasteiger partial charge is 0.328 e. The molecular formula is C9H16F3N. The Morgan fingerprint density at radius 3 is 2.46 bits per heavy atom. The second kappa shape index (κ2) is 4.31. The molecule has 1 fully saturated rings. The topological polar surface area (TPSA) is 26.0 Å². The van der Waals surface area contributed by atoms with Crippen molar-refractivity contribution in [3.05, 3.63) is 0 Å². The van der Waals surface area contributed by atoms with Crippen LogP contribution in [0.1, 0.15) is 38.5 Å². The van der Waals surface area contributed by atoms with Crippen LogP contribution in [0.25, 0.3) is 0 Å². The second-order valence-electron chi connectivity index (χ2n) is 3.95. The highest BCUT2D eigenvalue weighted by Gasteiger charge is 2.29. The van der Waals surface area contributed by atoms with Gasteiger partial charge < -0.3 is 5.73 Å². The molecule has 0 spiro atoms. The molecule has 1 rings (SSSR count). The molecule has 0 aromatic carbocycles. The number of nitrogens with two attached hydrogens (primary N) is 1. The third-order valence-corrected chi connectivity index (χ3v) is 2.66. The van der Waals surface area contributed by atoms with Gasteiger partial charge in [-0.3, -0.25) is 0 Å². The Morgan fingerprint density at radius 1 is 1.23 bits per heavy atom. The van der Waals surface area contributed by atoms with Crippen LogP contribution >= 0.6 is 0 Å². The van der Waals surface area contributed by atoms with Gasteiger partial charge in [0.2, 0.25) is 0 Å². The number of alkyl halides is 3. The molecule has 0 heterocycles. The molecule has 0 radical (unpaired) electrons. The van der Waals surface area contributed by atoms with Crippen LogP contribution in [0.5, 0.6) is 0 Å². The Balaban J connectivity index is 2.21. The minimum atomic E-state index is -4.00. The van der Waals surface area contributed by atoms with E-state index < -0.39 is 12.6 Å². The van der Waals surface area contributed by atoms with Gasteiger partial charge in [-0.1, -0.05) is 12.8 Å². The van der Waals surface area contributed by atoms with E-state index in [2.05, 4.69) is 0 Å². The standard InChI is InChI=1S/C9H16F3N/c10-9(11,12)5-4-7-2-1-3-8(13)6-7/h7-8H,1-6,13H2. The van der Waals surface area contributed by atoms with Crippen LogP contribution in [-0.4, -0.2) is 12.2 Å². The summed E-state index contributed by atoms with van der Waals surface area (Å²) in [4.78, 5) is 0. The van der Waals surface area contributed by atoms with Crippen molar-refractivity contribution in [3.8, 4) is 0 Å². The maximum absolute atomic E-state index is 11.9. The first-order valence-electron chi connectivity index (χ1n) is 4.80. The van der Waals surface area contributed by atoms with Crippen molar-refractivity contribution in [2.45, 2.75) is 50.7 Å². The van der Waals surface area contributed by atoms with Crippen LogP contribution in [0.2, 0.25) is 0 Å². The quantitative estimate of drug-likeness (QED) is 0.720. The van der Waals surface area contributed by atoms with E-state index in [1.807, 2.05) is 0 Å². The molecular weight excluding hydrogens is 179 g/mol. The van der Waals surface area contributed by atoms with E-state index in [-0.39, 0.29) is 18.4 Å². The Labute approximate surface area is 76.5 Å². The molecule has 0 aromatic heterocycles. The van der Waals surface area contributed by atoms with Crippen LogP contribution in [0.15, 0.2) is 0 Å². The molecule has 0 amide bonds. The van der Waals surface area contributed by atoms with Gasteiger partial charge in [0.1, 0.15) is 0 Å². The van der Waals surface area contributed by atoms with Crippen molar-refractivity contribution in [1.29, 1.82) is 0 Å². The lowest BCUT2D eigenvalue weighted by Crippen LogP contribution is -2.28. The third-order valence-electron chi connectivity index (χ3n) is 2.66. The predicted molar refractivity (Wildman–Crippen MR) is 45.2 cm³/mol. The van der Waals surface area contributed by atoms with Gasteiger partial charge in [-0.15, -0.1) is 0 Å². The first kappa shape index (κ1) is 10.8. The molecule has 4 heteroatoms. The lowest BCUT2D eigenvalue weighted by Gasteiger charge is -2.26. The lowest BCUT2D eigenvalue weighted by atomic mass is 9.83.